The molecule has 0 spiro atoms. The number of fused-ring (bicyclic) bond motifs is 1. The number of rotatable bonds is 0. The van der Waals surface area contributed by atoms with Gasteiger partial charge in [0, 0.05) is 5.56 Å². The first-order valence-corrected chi connectivity index (χ1v) is 3.94. The summed E-state index contributed by atoms with van der Waals surface area (Å²) in [5.41, 5.74) is 5.87. The number of nitrogens with one attached hydrogen (secondary N) is 2. The predicted octanol–water partition coefficient (Wildman–Crippen LogP) is 0.117. The van der Waals surface area contributed by atoms with Crippen molar-refractivity contribution < 1.29 is 9.59 Å². The number of Topliss-reactive ketones (excluding diaryl/α,β-unsaturated/α-hetero) is 1. The van der Waals surface area contributed by atoms with E-state index in [1.165, 1.54) is 0 Å². The Hall–Kier alpha value is -1.68. The van der Waals surface area contributed by atoms with E-state index < -0.39 is 0 Å². The minimum Gasteiger partial charge on any atom is -0.293 e. The molecular formula is C9H8N2O2. The molecule has 0 aromatic heterocycles. The highest BCUT2D eigenvalue weighted by atomic mass is 16.2. The van der Waals surface area contributed by atoms with Crippen LogP contribution < -0.4 is 10.9 Å². The Bertz CT molecular complexity index is 339. The van der Waals surface area contributed by atoms with Gasteiger partial charge >= 0.3 is 0 Å². The topological polar surface area (TPSA) is 58.2 Å². The van der Waals surface area contributed by atoms with Crippen LogP contribution in [0.5, 0.6) is 0 Å². The third-order valence-electron chi connectivity index (χ3n) is 1.92. The van der Waals surface area contributed by atoms with Crippen molar-refractivity contribution in [2.75, 3.05) is 6.54 Å². The normalized spacial score (nSPS) is 16.0. The maximum absolute atomic E-state index is 11.4. The summed E-state index contributed by atoms with van der Waals surface area (Å²) in [4.78, 5) is 22.7. The van der Waals surface area contributed by atoms with Crippen molar-refractivity contribution in [2.45, 2.75) is 0 Å². The van der Waals surface area contributed by atoms with Gasteiger partial charge in [0.25, 0.3) is 5.91 Å². The third kappa shape index (κ3) is 1.31. The Morgan fingerprint density at radius 1 is 1.08 bits per heavy atom. The smallest absolute Gasteiger partial charge is 0.266 e. The lowest BCUT2D eigenvalue weighted by Crippen LogP contribution is -2.37. The van der Waals surface area contributed by atoms with E-state index in [0.717, 1.165) is 0 Å². The molecule has 4 nitrogen and oxygen atoms in total. The Morgan fingerprint density at radius 2 is 1.77 bits per heavy atom. The summed E-state index contributed by atoms with van der Waals surface area (Å²) in [5, 5.41) is 0. The van der Waals surface area contributed by atoms with Gasteiger partial charge in [0.05, 0.1) is 12.1 Å². The van der Waals surface area contributed by atoms with Crippen LogP contribution >= 0.6 is 0 Å². The second kappa shape index (κ2) is 2.99. The van der Waals surface area contributed by atoms with Crippen LogP contribution in [0.2, 0.25) is 0 Å². The molecule has 0 radical (unpaired) electrons. The standard InChI is InChI=1S/C9H8N2O2/c12-8-5-10-11-9(13)7-4-2-1-3-6(7)8/h1-4,10H,5H2,(H,11,13). The molecule has 1 aliphatic rings. The summed E-state index contributed by atoms with van der Waals surface area (Å²) >= 11 is 0. The summed E-state index contributed by atoms with van der Waals surface area (Å²) in [7, 11) is 0. The maximum Gasteiger partial charge on any atom is 0.266 e. The first-order valence-electron chi connectivity index (χ1n) is 3.94. The molecule has 4 heteroatoms. The molecule has 0 saturated heterocycles. The van der Waals surface area contributed by atoms with Gasteiger partial charge in [0.1, 0.15) is 0 Å². The number of hydrogen-bond acceptors (Lipinski definition) is 3. The van der Waals surface area contributed by atoms with Gasteiger partial charge in [-0.2, -0.15) is 0 Å². The molecule has 0 fully saturated rings. The van der Waals surface area contributed by atoms with Crippen molar-refractivity contribution in [2.24, 2.45) is 0 Å². The molecule has 0 saturated carbocycles. The van der Waals surface area contributed by atoms with Crippen LogP contribution in [-0.4, -0.2) is 18.2 Å². The lowest BCUT2D eigenvalue weighted by molar-refractivity contribution is 0.0936. The summed E-state index contributed by atoms with van der Waals surface area (Å²) in [6.07, 6.45) is 0. The monoisotopic (exact) mass is 176 g/mol. The SMILES string of the molecule is O=C1CNNC(=O)c2ccccc21. The van der Waals surface area contributed by atoms with Crippen molar-refractivity contribution in [3.63, 3.8) is 0 Å². The molecule has 1 aromatic carbocycles. The van der Waals surface area contributed by atoms with E-state index in [1.54, 1.807) is 24.3 Å². The van der Waals surface area contributed by atoms with Gasteiger partial charge in [-0.25, -0.2) is 5.43 Å². The number of ketones is 1. The van der Waals surface area contributed by atoms with Crippen LogP contribution in [0.4, 0.5) is 0 Å². The zero-order chi connectivity index (χ0) is 9.26. The van der Waals surface area contributed by atoms with Crippen LogP contribution in [0, 0.1) is 0 Å². The molecule has 0 bridgehead atoms. The molecule has 0 atom stereocenters. The quantitative estimate of drug-likeness (QED) is 0.590. The predicted molar refractivity (Wildman–Crippen MR) is 46.2 cm³/mol. The molecular weight excluding hydrogens is 168 g/mol. The van der Waals surface area contributed by atoms with Crippen molar-refractivity contribution >= 4 is 11.7 Å². The molecule has 1 aliphatic heterocycles. The first-order chi connectivity index (χ1) is 6.29. The fourth-order valence-electron chi connectivity index (χ4n) is 1.29. The van der Waals surface area contributed by atoms with E-state index in [9.17, 15) is 9.59 Å². The summed E-state index contributed by atoms with van der Waals surface area (Å²) in [5.74, 6) is -0.338. The number of benzene rings is 1. The van der Waals surface area contributed by atoms with Crippen LogP contribution in [0.3, 0.4) is 0 Å². The van der Waals surface area contributed by atoms with Crippen LogP contribution in [0.15, 0.2) is 24.3 Å². The van der Waals surface area contributed by atoms with Crippen molar-refractivity contribution in [1.82, 2.24) is 10.9 Å². The molecule has 1 aromatic rings. The Morgan fingerprint density at radius 3 is 2.54 bits per heavy atom. The largest absolute Gasteiger partial charge is 0.293 e. The number of hydrazine groups is 1. The van der Waals surface area contributed by atoms with E-state index in [-0.39, 0.29) is 18.2 Å². The van der Waals surface area contributed by atoms with Gasteiger partial charge in [-0.3, -0.25) is 15.0 Å². The van der Waals surface area contributed by atoms with Gasteiger partial charge in [0.2, 0.25) is 0 Å². The van der Waals surface area contributed by atoms with E-state index in [4.69, 9.17) is 0 Å². The van der Waals surface area contributed by atoms with E-state index in [1.807, 2.05) is 0 Å². The molecule has 2 N–H and O–H groups in total. The number of carbonyl (C=O) groups is 2. The third-order valence-corrected chi connectivity index (χ3v) is 1.92. The van der Waals surface area contributed by atoms with Gasteiger partial charge < -0.3 is 0 Å². The second-order valence-electron chi connectivity index (χ2n) is 2.78. The Labute approximate surface area is 74.9 Å². The zero-order valence-corrected chi connectivity index (χ0v) is 6.83. The molecule has 2 rings (SSSR count). The number of carbonyl (C=O) groups excluding carboxylic acids is 2. The molecule has 66 valence electrons. The Kier molecular flexibility index (Phi) is 1.83. The molecule has 1 heterocycles. The van der Waals surface area contributed by atoms with Gasteiger partial charge in [-0.15, -0.1) is 0 Å². The van der Waals surface area contributed by atoms with Crippen LogP contribution in [-0.2, 0) is 0 Å². The van der Waals surface area contributed by atoms with Gasteiger partial charge in [0.15, 0.2) is 5.78 Å². The lowest BCUT2D eigenvalue weighted by Gasteiger charge is -2.00. The van der Waals surface area contributed by atoms with Crippen LogP contribution in [0.25, 0.3) is 0 Å². The highest BCUT2D eigenvalue weighted by Crippen LogP contribution is 2.10. The van der Waals surface area contributed by atoms with Crippen molar-refractivity contribution in [3.8, 4) is 0 Å². The van der Waals surface area contributed by atoms with Crippen LogP contribution in [0.1, 0.15) is 20.7 Å². The molecule has 0 unspecified atom stereocenters. The minimum absolute atomic E-state index is 0.0750. The fraction of sp³-hybridized carbons (Fsp3) is 0.111. The van der Waals surface area contributed by atoms with Crippen molar-refractivity contribution in [3.05, 3.63) is 35.4 Å². The summed E-state index contributed by atoms with van der Waals surface area (Å²) in [6.45, 7) is 0.142. The van der Waals surface area contributed by atoms with Crippen molar-refractivity contribution in [1.29, 1.82) is 0 Å². The highest BCUT2D eigenvalue weighted by Gasteiger charge is 2.19. The Balaban J connectivity index is 2.57. The van der Waals surface area contributed by atoms with Gasteiger partial charge in [-0.1, -0.05) is 18.2 Å². The number of hydrogen-bond donors (Lipinski definition) is 2. The summed E-state index contributed by atoms with van der Waals surface area (Å²) in [6, 6.07) is 6.77. The fourth-order valence-corrected chi connectivity index (χ4v) is 1.29. The summed E-state index contributed by atoms with van der Waals surface area (Å²) < 4.78 is 0. The average molecular weight is 176 g/mol. The maximum atomic E-state index is 11.4. The molecule has 1 amide bonds. The first kappa shape index (κ1) is 7.94. The second-order valence-corrected chi connectivity index (χ2v) is 2.78. The molecule has 0 aliphatic carbocycles. The minimum atomic E-state index is -0.263. The van der Waals surface area contributed by atoms with E-state index in [0.29, 0.717) is 11.1 Å². The van der Waals surface area contributed by atoms with Gasteiger partial charge in [-0.05, 0) is 6.07 Å². The van der Waals surface area contributed by atoms with E-state index in [2.05, 4.69) is 10.9 Å². The van der Waals surface area contributed by atoms with E-state index >= 15 is 0 Å². The highest BCUT2D eigenvalue weighted by molar-refractivity contribution is 6.09. The zero-order valence-electron chi connectivity index (χ0n) is 6.83. The number of amides is 1. The lowest BCUT2D eigenvalue weighted by atomic mass is 10.0. The molecule has 13 heavy (non-hydrogen) atoms. The average Bonchev–Trinajstić information content (AvgIpc) is 2.29.